The molecule has 0 amide bonds. The topological polar surface area (TPSA) is 134 Å². The van der Waals surface area contributed by atoms with E-state index in [0.29, 0.717) is 6.42 Å². The molecule has 0 aromatic carbocycles. The number of hydrogen-bond donors (Lipinski definition) is 2. The molecule has 0 aliphatic rings. The van der Waals surface area contributed by atoms with Gasteiger partial charge in [0.25, 0.3) is 0 Å². The van der Waals surface area contributed by atoms with Crippen molar-refractivity contribution in [2.75, 3.05) is 26.4 Å². The molecule has 0 spiro atoms. The summed E-state index contributed by atoms with van der Waals surface area (Å²) < 4.78 is 32.6. The van der Waals surface area contributed by atoms with Gasteiger partial charge in [-0.3, -0.25) is 18.6 Å². The molecule has 0 fully saturated rings. The molecule has 0 radical (unpaired) electrons. The zero-order chi connectivity index (χ0) is 39.6. The van der Waals surface area contributed by atoms with E-state index in [1.807, 2.05) is 12.2 Å². The SMILES string of the molecule is CC/C=C\C/C=C\C/C=C\C/C=C\C/C=C\C/C=C\CCC(=O)O[C@H](COC(=O)CCCCCCCCCCCCCCCC)COP(=O)(O)OCCN. The molecule has 0 aromatic heterocycles. The minimum atomic E-state index is -4.40. The van der Waals surface area contributed by atoms with E-state index in [1.54, 1.807) is 0 Å². The van der Waals surface area contributed by atoms with Crippen LogP contribution in [0.25, 0.3) is 0 Å². The number of phosphoric acid groups is 1. The fourth-order valence-electron chi connectivity index (χ4n) is 5.31. The van der Waals surface area contributed by atoms with Gasteiger partial charge in [0.2, 0.25) is 0 Å². The molecule has 2 atom stereocenters. The Morgan fingerprint density at radius 2 is 1.02 bits per heavy atom. The summed E-state index contributed by atoms with van der Waals surface area (Å²) in [5, 5.41) is 0. The molecule has 3 N–H and O–H groups in total. The number of nitrogens with two attached hydrogens (primary N) is 1. The van der Waals surface area contributed by atoms with Gasteiger partial charge in [0.15, 0.2) is 6.10 Å². The summed E-state index contributed by atoms with van der Waals surface area (Å²) in [6, 6.07) is 0. The van der Waals surface area contributed by atoms with Crippen molar-refractivity contribution in [2.45, 2.75) is 168 Å². The van der Waals surface area contributed by atoms with Gasteiger partial charge < -0.3 is 20.1 Å². The number of phosphoric ester groups is 1. The van der Waals surface area contributed by atoms with E-state index in [1.165, 1.54) is 70.6 Å². The zero-order valence-electron chi connectivity index (χ0n) is 33.9. The van der Waals surface area contributed by atoms with Gasteiger partial charge in [-0.1, -0.05) is 170 Å². The van der Waals surface area contributed by atoms with Crippen LogP contribution in [0, 0.1) is 0 Å². The van der Waals surface area contributed by atoms with Crippen LogP contribution in [0.5, 0.6) is 0 Å². The number of carbonyl (C=O) groups is 2. The molecule has 0 heterocycles. The highest BCUT2D eigenvalue weighted by Gasteiger charge is 2.25. The van der Waals surface area contributed by atoms with Crippen molar-refractivity contribution >= 4 is 19.8 Å². The lowest BCUT2D eigenvalue weighted by Gasteiger charge is -2.19. The lowest BCUT2D eigenvalue weighted by Crippen LogP contribution is -2.29. The standard InChI is InChI=1S/C44H76NO8P/c1-3-5-7-9-11-13-15-17-19-20-21-22-23-25-27-29-31-33-35-37-44(47)53-42(41-52-54(48,49)51-39-38-45)40-50-43(46)36-34-32-30-28-26-24-18-16-14-12-10-8-6-4-2/h5,7,11,13,17,19,21-22,25,27,31,33,42H,3-4,6,8-10,12,14-16,18,20,23-24,26,28-30,32,34-41,45H2,1-2H3,(H,48,49)/b7-5-,13-11-,19-17-,22-21-,27-25-,33-31-/t42-/m1/s1. The molecule has 0 aliphatic carbocycles. The summed E-state index contributed by atoms with van der Waals surface area (Å²) in [5.41, 5.74) is 5.34. The van der Waals surface area contributed by atoms with E-state index >= 15 is 0 Å². The van der Waals surface area contributed by atoms with E-state index in [2.05, 4.69) is 74.6 Å². The maximum atomic E-state index is 12.5. The largest absolute Gasteiger partial charge is 0.472 e. The molecular weight excluding hydrogens is 701 g/mol. The summed E-state index contributed by atoms with van der Waals surface area (Å²) in [6.07, 6.45) is 48.0. The molecule has 10 heteroatoms. The third kappa shape index (κ3) is 39.2. The maximum absolute atomic E-state index is 12.5. The molecule has 1 unspecified atom stereocenters. The Kier molecular flexibility index (Phi) is 38.2. The van der Waals surface area contributed by atoms with Crippen molar-refractivity contribution in [2.24, 2.45) is 5.73 Å². The van der Waals surface area contributed by atoms with Crippen LogP contribution in [0.1, 0.15) is 162 Å². The van der Waals surface area contributed by atoms with Gasteiger partial charge in [0, 0.05) is 19.4 Å². The highest BCUT2D eigenvalue weighted by Crippen LogP contribution is 2.43. The number of carbonyl (C=O) groups excluding carboxylic acids is 2. The average Bonchev–Trinajstić information content (AvgIpc) is 3.16. The number of esters is 2. The molecule has 0 rings (SSSR count). The van der Waals surface area contributed by atoms with Crippen molar-refractivity contribution in [3.05, 3.63) is 72.9 Å². The lowest BCUT2D eigenvalue weighted by atomic mass is 10.0. The molecular formula is C44H76NO8P. The first-order valence-corrected chi connectivity index (χ1v) is 22.4. The molecule has 0 bridgehead atoms. The second-order valence-corrected chi connectivity index (χ2v) is 14.9. The monoisotopic (exact) mass is 778 g/mol. The van der Waals surface area contributed by atoms with Crippen molar-refractivity contribution < 1.29 is 37.6 Å². The summed E-state index contributed by atoms with van der Waals surface area (Å²) in [4.78, 5) is 34.8. The summed E-state index contributed by atoms with van der Waals surface area (Å²) in [5.74, 6) is -0.929. The minimum Gasteiger partial charge on any atom is -0.462 e. The third-order valence-electron chi connectivity index (χ3n) is 8.37. The van der Waals surface area contributed by atoms with E-state index < -0.39 is 32.5 Å². The summed E-state index contributed by atoms with van der Waals surface area (Å²) >= 11 is 0. The van der Waals surface area contributed by atoms with Gasteiger partial charge in [-0.2, -0.15) is 0 Å². The van der Waals surface area contributed by atoms with Crippen molar-refractivity contribution in [3.63, 3.8) is 0 Å². The number of rotatable bonds is 38. The summed E-state index contributed by atoms with van der Waals surface area (Å²) in [7, 11) is -4.40. The van der Waals surface area contributed by atoms with Crippen molar-refractivity contribution in [1.82, 2.24) is 0 Å². The molecule has 54 heavy (non-hydrogen) atoms. The van der Waals surface area contributed by atoms with Crippen molar-refractivity contribution in [1.29, 1.82) is 0 Å². The van der Waals surface area contributed by atoms with Gasteiger partial charge in [-0.25, -0.2) is 4.57 Å². The molecule has 9 nitrogen and oxygen atoms in total. The molecule has 310 valence electrons. The number of hydrogen-bond acceptors (Lipinski definition) is 8. The van der Waals surface area contributed by atoms with Crippen LogP contribution in [0.15, 0.2) is 72.9 Å². The fraction of sp³-hybridized carbons (Fsp3) is 0.682. The number of ether oxygens (including phenoxy) is 2. The highest BCUT2D eigenvalue weighted by atomic mass is 31.2. The van der Waals surface area contributed by atoms with E-state index in [9.17, 15) is 19.0 Å². The van der Waals surface area contributed by atoms with Crippen molar-refractivity contribution in [3.8, 4) is 0 Å². The Balaban J connectivity index is 4.32. The van der Waals surface area contributed by atoms with E-state index in [4.69, 9.17) is 24.3 Å². The number of allylic oxidation sites excluding steroid dienone is 12. The first kappa shape index (κ1) is 51.5. The summed E-state index contributed by atoms with van der Waals surface area (Å²) in [6.45, 7) is 3.52. The van der Waals surface area contributed by atoms with Crippen LogP contribution >= 0.6 is 7.82 Å². The second-order valence-electron chi connectivity index (χ2n) is 13.5. The maximum Gasteiger partial charge on any atom is 0.472 e. The molecule has 0 saturated carbocycles. The Morgan fingerprint density at radius 3 is 1.48 bits per heavy atom. The lowest BCUT2D eigenvalue weighted by molar-refractivity contribution is -0.161. The van der Waals surface area contributed by atoms with Crippen LogP contribution in [-0.4, -0.2) is 49.3 Å². The first-order valence-electron chi connectivity index (χ1n) is 20.9. The Hall–Kier alpha value is -2.55. The molecule has 0 aliphatic heterocycles. The van der Waals surface area contributed by atoms with Gasteiger partial charge >= 0.3 is 19.8 Å². The van der Waals surface area contributed by atoms with Gasteiger partial charge in [-0.05, 0) is 51.4 Å². The molecule has 0 saturated heterocycles. The third-order valence-corrected chi connectivity index (χ3v) is 9.35. The van der Waals surface area contributed by atoms with Crippen LogP contribution in [0.2, 0.25) is 0 Å². The van der Waals surface area contributed by atoms with Gasteiger partial charge in [0.05, 0.1) is 13.2 Å². The van der Waals surface area contributed by atoms with Gasteiger partial charge in [-0.15, -0.1) is 0 Å². The zero-order valence-corrected chi connectivity index (χ0v) is 34.8. The number of unbranched alkanes of at least 4 members (excludes halogenated alkanes) is 13. The Labute approximate surface area is 329 Å². The van der Waals surface area contributed by atoms with Crippen LogP contribution in [0.4, 0.5) is 0 Å². The average molecular weight is 778 g/mol. The Morgan fingerprint density at radius 1 is 0.574 bits per heavy atom. The van der Waals surface area contributed by atoms with Gasteiger partial charge in [0.1, 0.15) is 6.61 Å². The predicted molar refractivity (Wildman–Crippen MR) is 224 cm³/mol. The fourth-order valence-corrected chi connectivity index (χ4v) is 6.07. The van der Waals surface area contributed by atoms with Crippen LogP contribution < -0.4 is 5.73 Å². The van der Waals surface area contributed by atoms with E-state index in [0.717, 1.165) is 57.8 Å². The quantitative estimate of drug-likeness (QED) is 0.0272. The Bertz CT molecular complexity index is 1110. The predicted octanol–water partition coefficient (Wildman–Crippen LogP) is 11.9. The smallest absolute Gasteiger partial charge is 0.462 e. The van der Waals surface area contributed by atoms with Crippen LogP contribution in [0.3, 0.4) is 0 Å². The second kappa shape index (κ2) is 40.1. The van der Waals surface area contributed by atoms with Crippen LogP contribution in [-0.2, 0) is 32.7 Å². The first-order chi connectivity index (χ1) is 26.3. The normalized spacial score (nSPS) is 14.1. The van der Waals surface area contributed by atoms with E-state index in [-0.39, 0.29) is 32.6 Å². The highest BCUT2D eigenvalue weighted by molar-refractivity contribution is 7.47. The molecule has 0 aromatic rings. The minimum absolute atomic E-state index is 0.0395.